The zero-order valence-electron chi connectivity index (χ0n) is 12.7. The first-order chi connectivity index (χ1) is 11.4. The van der Waals surface area contributed by atoms with Crippen molar-refractivity contribution in [3.63, 3.8) is 0 Å². The van der Waals surface area contributed by atoms with Crippen LogP contribution < -0.4 is 0 Å². The molecular formula is C21H16N2. The minimum Gasteiger partial charge on any atom is -0.288 e. The highest BCUT2D eigenvalue weighted by molar-refractivity contribution is 6.02. The molecule has 0 saturated heterocycles. The molecule has 0 bridgehead atoms. The van der Waals surface area contributed by atoms with Crippen LogP contribution in [0.3, 0.4) is 0 Å². The van der Waals surface area contributed by atoms with E-state index >= 15 is 0 Å². The minimum absolute atomic E-state index is 0.628. The molecule has 2 heteroatoms. The Morgan fingerprint density at radius 1 is 0.870 bits per heavy atom. The number of hydrogen-bond acceptors (Lipinski definition) is 2. The summed E-state index contributed by atoms with van der Waals surface area (Å²) in [5.41, 5.74) is 2.90. The fraction of sp³-hybridized carbons (Fsp3) is 0.0476. The number of aliphatic imine (C=N–C) groups is 1. The molecule has 0 aliphatic heterocycles. The third kappa shape index (κ3) is 3.53. The molecule has 0 aliphatic carbocycles. The number of nitriles is 1. The molecule has 0 spiro atoms. The molecule has 3 aromatic carbocycles. The summed E-state index contributed by atoms with van der Waals surface area (Å²) in [5, 5.41) is 11.2. The third-order valence-corrected chi connectivity index (χ3v) is 3.63. The van der Waals surface area contributed by atoms with Gasteiger partial charge in [0.1, 0.15) is 0 Å². The highest BCUT2D eigenvalue weighted by Gasteiger charge is 2.02. The van der Waals surface area contributed by atoms with E-state index in [0.717, 1.165) is 16.3 Å². The first kappa shape index (κ1) is 14.7. The van der Waals surface area contributed by atoms with Crippen molar-refractivity contribution in [2.24, 2.45) is 4.99 Å². The van der Waals surface area contributed by atoms with E-state index in [-0.39, 0.29) is 0 Å². The molecule has 0 unspecified atom stereocenters. The normalized spacial score (nSPS) is 11.3. The second-order valence-corrected chi connectivity index (χ2v) is 5.17. The Bertz CT molecular complexity index is 900. The second kappa shape index (κ2) is 7.20. The Morgan fingerprint density at radius 2 is 1.61 bits per heavy atom. The van der Waals surface area contributed by atoms with Crippen molar-refractivity contribution in [2.45, 2.75) is 0 Å². The van der Waals surface area contributed by atoms with E-state index in [1.54, 1.807) is 0 Å². The molecule has 0 radical (unpaired) electrons. The molecular weight excluding hydrogens is 280 g/mol. The predicted molar refractivity (Wildman–Crippen MR) is 96.6 cm³/mol. The van der Waals surface area contributed by atoms with Gasteiger partial charge in [-0.25, -0.2) is 0 Å². The molecule has 0 atom stereocenters. The average Bonchev–Trinajstić information content (AvgIpc) is 2.62. The van der Waals surface area contributed by atoms with Crippen LogP contribution in [0, 0.1) is 11.3 Å². The number of nitrogens with zero attached hydrogens (tertiary/aromatic N) is 2. The molecule has 3 rings (SSSR count). The summed E-state index contributed by atoms with van der Waals surface area (Å²) in [6.45, 7) is 0.628. The second-order valence-electron chi connectivity index (χ2n) is 5.17. The summed E-state index contributed by atoms with van der Waals surface area (Å²) >= 11 is 0. The lowest BCUT2D eigenvalue weighted by Gasteiger charge is -2.03. The molecule has 0 aliphatic rings. The van der Waals surface area contributed by atoms with Gasteiger partial charge in [-0.3, -0.25) is 4.99 Å². The molecule has 23 heavy (non-hydrogen) atoms. The fourth-order valence-corrected chi connectivity index (χ4v) is 2.50. The van der Waals surface area contributed by atoms with Gasteiger partial charge >= 0.3 is 0 Å². The van der Waals surface area contributed by atoms with Crippen LogP contribution in [-0.4, -0.2) is 12.8 Å². The molecule has 0 fully saturated rings. The molecule has 0 N–H and O–H groups in total. The van der Waals surface area contributed by atoms with E-state index in [4.69, 9.17) is 0 Å². The summed E-state index contributed by atoms with van der Waals surface area (Å²) < 4.78 is 0. The monoisotopic (exact) mass is 296 g/mol. The first-order valence-corrected chi connectivity index (χ1v) is 7.52. The van der Waals surface area contributed by atoms with Crippen LogP contribution in [-0.2, 0) is 0 Å². The van der Waals surface area contributed by atoms with Gasteiger partial charge in [0.15, 0.2) is 0 Å². The molecule has 0 heterocycles. The Morgan fingerprint density at radius 3 is 2.39 bits per heavy atom. The van der Waals surface area contributed by atoms with Gasteiger partial charge in [0.25, 0.3) is 0 Å². The number of fused-ring (bicyclic) bond motifs is 1. The van der Waals surface area contributed by atoms with Gasteiger partial charge in [-0.15, -0.1) is 0 Å². The lowest BCUT2D eigenvalue weighted by molar-refractivity contribution is 1.26. The van der Waals surface area contributed by atoms with Gasteiger partial charge in [0.05, 0.1) is 18.2 Å². The van der Waals surface area contributed by atoms with E-state index in [9.17, 15) is 5.26 Å². The number of rotatable bonds is 4. The van der Waals surface area contributed by atoms with E-state index < -0.39 is 0 Å². The predicted octanol–water partition coefficient (Wildman–Crippen LogP) is 4.84. The standard InChI is InChI=1S/C21H16N2/c22-15-18-12-13-19(21-11-5-4-10-20(18)21)16-23-14-6-9-17-7-2-1-3-8-17/h1-13,16H,14H2/b9-6+,23-16?. The zero-order valence-corrected chi connectivity index (χ0v) is 12.7. The maximum absolute atomic E-state index is 9.19. The van der Waals surface area contributed by atoms with Crippen LogP contribution in [0.1, 0.15) is 16.7 Å². The molecule has 3 aromatic rings. The molecule has 0 saturated carbocycles. The Kier molecular flexibility index (Phi) is 4.61. The average molecular weight is 296 g/mol. The fourth-order valence-electron chi connectivity index (χ4n) is 2.50. The lowest BCUT2D eigenvalue weighted by atomic mass is 10.0. The van der Waals surface area contributed by atoms with Crippen LogP contribution in [0.2, 0.25) is 0 Å². The third-order valence-electron chi connectivity index (χ3n) is 3.63. The van der Waals surface area contributed by atoms with Crippen molar-refractivity contribution in [1.29, 1.82) is 5.26 Å². The highest BCUT2D eigenvalue weighted by Crippen LogP contribution is 2.21. The molecule has 2 nitrogen and oxygen atoms in total. The van der Waals surface area contributed by atoms with Crippen molar-refractivity contribution < 1.29 is 0 Å². The van der Waals surface area contributed by atoms with Crippen LogP contribution in [0.4, 0.5) is 0 Å². The van der Waals surface area contributed by atoms with Crippen LogP contribution in [0.15, 0.2) is 77.8 Å². The quantitative estimate of drug-likeness (QED) is 0.634. The van der Waals surface area contributed by atoms with Gasteiger partial charge in [-0.1, -0.05) is 72.8 Å². The minimum atomic E-state index is 0.628. The van der Waals surface area contributed by atoms with E-state index in [2.05, 4.69) is 29.3 Å². The Balaban J connectivity index is 1.77. The maximum Gasteiger partial charge on any atom is 0.0998 e. The van der Waals surface area contributed by atoms with Crippen molar-refractivity contribution >= 4 is 23.1 Å². The van der Waals surface area contributed by atoms with Crippen molar-refractivity contribution in [3.8, 4) is 6.07 Å². The van der Waals surface area contributed by atoms with Crippen molar-refractivity contribution in [3.05, 3.63) is 89.5 Å². The molecule has 110 valence electrons. The summed E-state index contributed by atoms with van der Waals surface area (Å²) in [4.78, 5) is 4.47. The van der Waals surface area contributed by atoms with Crippen LogP contribution in [0.5, 0.6) is 0 Å². The first-order valence-electron chi connectivity index (χ1n) is 7.52. The summed E-state index contributed by atoms with van der Waals surface area (Å²) in [7, 11) is 0. The van der Waals surface area contributed by atoms with Crippen LogP contribution >= 0.6 is 0 Å². The van der Waals surface area contributed by atoms with Gasteiger partial charge < -0.3 is 0 Å². The summed E-state index contributed by atoms with van der Waals surface area (Å²) in [6, 6.07) is 24.1. The number of hydrogen-bond donors (Lipinski definition) is 0. The molecule has 0 aromatic heterocycles. The van der Waals surface area contributed by atoms with Gasteiger partial charge in [-0.2, -0.15) is 5.26 Å². The lowest BCUT2D eigenvalue weighted by Crippen LogP contribution is -1.88. The Hall–Kier alpha value is -3.18. The van der Waals surface area contributed by atoms with Gasteiger partial charge in [-0.05, 0) is 17.0 Å². The highest BCUT2D eigenvalue weighted by atomic mass is 14.7. The largest absolute Gasteiger partial charge is 0.288 e. The summed E-state index contributed by atoms with van der Waals surface area (Å²) in [6.07, 6.45) is 5.98. The van der Waals surface area contributed by atoms with Gasteiger partial charge in [0.2, 0.25) is 0 Å². The zero-order chi connectivity index (χ0) is 15.9. The smallest absolute Gasteiger partial charge is 0.0998 e. The SMILES string of the molecule is N#Cc1ccc(C=NC/C=C/c2ccccc2)c2ccccc12. The Labute approximate surface area is 136 Å². The summed E-state index contributed by atoms with van der Waals surface area (Å²) in [5.74, 6) is 0. The van der Waals surface area contributed by atoms with Crippen LogP contribution in [0.25, 0.3) is 16.8 Å². The number of benzene rings is 3. The van der Waals surface area contributed by atoms with E-state index in [0.29, 0.717) is 12.1 Å². The maximum atomic E-state index is 9.19. The van der Waals surface area contributed by atoms with Gasteiger partial charge in [0, 0.05) is 17.2 Å². The van der Waals surface area contributed by atoms with E-state index in [1.165, 1.54) is 5.56 Å². The van der Waals surface area contributed by atoms with E-state index in [1.807, 2.05) is 66.9 Å². The molecule has 0 amide bonds. The van der Waals surface area contributed by atoms with Crippen molar-refractivity contribution in [1.82, 2.24) is 0 Å². The van der Waals surface area contributed by atoms with Crippen molar-refractivity contribution in [2.75, 3.05) is 6.54 Å². The topological polar surface area (TPSA) is 36.1 Å².